The van der Waals surface area contributed by atoms with Crippen LogP contribution in [0.1, 0.15) is 83.2 Å². The number of aromatic nitrogens is 2. The van der Waals surface area contributed by atoms with E-state index in [1.165, 1.54) is 6.33 Å². The molecule has 2 aliphatic rings. The zero-order valence-corrected chi connectivity index (χ0v) is 17.5. The Balaban J connectivity index is 1.78. The molecule has 0 saturated heterocycles. The van der Waals surface area contributed by atoms with Crippen LogP contribution in [0.15, 0.2) is 29.1 Å². The molecule has 5 heteroatoms. The molecule has 2 heterocycles. The Kier molecular flexibility index (Phi) is 4.52. The average Bonchev–Trinajstić information content (AvgIpc) is 3.15. The summed E-state index contributed by atoms with van der Waals surface area (Å²) >= 11 is 0. The quantitative estimate of drug-likeness (QED) is 0.745. The number of fused-ring (bicyclic) bond motifs is 3. The minimum atomic E-state index is -0.311. The fourth-order valence-corrected chi connectivity index (χ4v) is 5.04. The first-order chi connectivity index (χ1) is 13.2. The smallest absolute Gasteiger partial charge is 0.253 e. The molecule has 28 heavy (non-hydrogen) atoms. The molecule has 1 aromatic heterocycles. The summed E-state index contributed by atoms with van der Waals surface area (Å²) in [6.45, 7) is 11.0. The highest BCUT2D eigenvalue weighted by Crippen LogP contribution is 2.55. The van der Waals surface area contributed by atoms with E-state index in [1.54, 1.807) is 0 Å². The topological polar surface area (TPSA) is 68.4 Å². The Morgan fingerprint density at radius 3 is 2.75 bits per heavy atom. The number of benzene rings is 1. The lowest BCUT2D eigenvalue weighted by Crippen LogP contribution is -2.45. The fraction of sp³-hybridized carbons (Fsp3) is 0.565. The normalized spacial score (nSPS) is 23.4. The third-order valence-corrected chi connectivity index (χ3v) is 6.59. The predicted molar refractivity (Wildman–Crippen MR) is 108 cm³/mol. The van der Waals surface area contributed by atoms with Crippen molar-refractivity contribution >= 4 is 5.57 Å². The molecule has 0 saturated carbocycles. The van der Waals surface area contributed by atoms with E-state index in [9.17, 15) is 5.11 Å². The van der Waals surface area contributed by atoms with Crippen molar-refractivity contribution in [1.29, 1.82) is 0 Å². The first-order valence-electron chi connectivity index (χ1n) is 10.3. The van der Waals surface area contributed by atoms with Crippen LogP contribution in [0.3, 0.4) is 0 Å². The van der Waals surface area contributed by atoms with Crippen LogP contribution >= 0.6 is 0 Å². The second-order valence-corrected chi connectivity index (χ2v) is 9.38. The van der Waals surface area contributed by atoms with Crippen molar-refractivity contribution in [3.63, 3.8) is 0 Å². The van der Waals surface area contributed by atoms with Crippen LogP contribution in [0.25, 0.3) is 5.57 Å². The summed E-state index contributed by atoms with van der Waals surface area (Å²) in [5.74, 6) is 2.18. The van der Waals surface area contributed by atoms with Crippen LogP contribution in [0, 0.1) is 5.92 Å². The molecule has 0 spiro atoms. The maximum absolute atomic E-state index is 11.0. The number of ether oxygens (including phenoxy) is 1. The van der Waals surface area contributed by atoms with Crippen LogP contribution in [0.2, 0.25) is 0 Å². The standard InChI is InChI=1S/C23H30N2O3/c1-6-9-22(2,3)15-11-18(26)20-16-10-14(21-24-13-25-28-21)7-8-17(16)23(4,5)27-19(20)12-15/h7,11-13,16-17,26H,6,8-10H2,1-5H3/t16-,17-/m1/s1. The van der Waals surface area contributed by atoms with Gasteiger partial charge >= 0.3 is 0 Å². The monoisotopic (exact) mass is 382 g/mol. The molecule has 2 aromatic rings. The minimum absolute atomic E-state index is 0.00695. The lowest BCUT2D eigenvalue weighted by molar-refractivity contribution is 0.00894. The molecule has 0 radical (unpaired) electrons. The molecular weight excluding hydrogens is 352 g/mol. The number of hydrogen-bond donors (Lipinski definition) is 1. The van der Waals surface area contributed by atoms with Gasteiger partial charge in [0.2, 0.25) is 0 Å². The van der Waals surface area contributed by atoms with Crippen molar-refractivity contribution in [2.45, 2.75) is 77.2 Å². The summed E-state index contributed by atoms with van der Waals surface area (Å²) in [6, 6.07) is 4.09. The van der Waals surface area contributed by atoms with Crippen molar-refractivity contribution in [2.75, 3.05) is 0 Å². The molecule has 1 aliphatic heterocycles. The number of aromatic hydroxyl groups is 1. The van der Waals surface area contributed by atoms with Gasteiger partial charge in [0.15, 0.2) is 6.33 Å². The average molecular weight is 383 g/mol. The number of nitrogens with zero attached hydrogens (tertiary/aromatic N) is 2. The highest BCUT2D eigenvalue weighted by Gasteiger charge is 2.47. The Hall–Kier alpha value is -2.30. The van der Waals surface area contributed by atoms with E-state index in [1.807, 2.05) is 6.07 Å². The van der Waals surface area contributed by atoms with E-state index >= 15 is 0 Å². The van der Waals surface area contributed by atoms with Gasteiger partial charge in [-0.15, -0.1) is 0 Å². The Morgan fingerprint density at radius 1 is 1.29 bits per heavy atom. The summed E-state index contributed by atoms with van der Waals surface area (Å²) in [5, 5.41) is 14.8. The number of hydrogen-bond acceptors (Lipinski definition) is 5. The molecular formula is C23H30N2O3. The molecule has 150 valence electrons. The minimum Gasteiger partial charge on any atom is -0.508 e. The van der Waals surface area contributed by atoms with Gasteiger partial charge < -0.3 is 14.4 Å². The maximum atomic E-state index is 11.0. The van der Waals surface area contributed by atoms with Crippen LogP contribution < -0.4 is 4.74 Å². The van der Waals surface area contributed by atoms with Gasteiger partial charge in [-0.3, -0.25) is 0 Å². The van der Waals surface area contributed by atoms with Gasteiger partial charge in [-0.05, 0) is 56.2 Å². The maximum Gasteiger partial charge on any atom is 0.253 e. The van der Waals surface area contributed by atoms with Gasteiger partial charge in [-0.25, -0.2) is 0 Å². The second-order valence-electron chi connectivity index (χ2n) is 9.38. The molecule has 1 aromatic carbocycles. The highest BCUT2D eigenvalue weighted by molar-refractivity contribution is 5.63. The van der Waals surface area contributed by atoms with E-state index < -0.39 is 0 Å². The third-order valence-electron chi connectivity index (χ3n) is 6.59. The third kappa shape index (κ3) is 3.11. The number of rotatable bonds is 4. The van der Waals surface area contributed by atoms with E-state index in [4.69, 9.17) is 9.26 Å². The summed E-state index contributed by atoms with van der Waals surface area (Å²) in [6.07, 6.45) is 7.39. The summed E-state index contributed by atoms with van der Waals surface area (Å²) < 4.78 is 11.8. The van der Waals surface area contributed by atoms with Crippen molar-refractivity contribution in [3.05, 3.63) is 41.6 Å². The van der Waals surface area contributed by atoms with Gasteiger partial charge in [0.25, 0.3) is 5.89 Å². The molecule has 0 bridgehead atoms. The van der Waals surface area contributed by atoms with Crippen LogP contribution in [-0.2, 0) is 5.41 Å². The molecule has 0 fully saturated rings. The highest BCUT2D eigenvalue weighted by atomic mass is 16.5. The van der Waals surface area contributed by atoms with E-state index in [-0.39, 0.29) is 22.9 Å². The lowest BCUT2D eigenvalue weighted by atomic mass is 9.66. The summed E-state index contributed by atoms with van der Waals surface area (Å²) in [4.78, 5) is 4.22. The SMILES string of the molecule is CCCC(C)(C)c1cc(O)c2c(c1)OC(C)(C)[C@@H]1CC=C(c3ncno3)C[C@@H]21. The largest absolute Gasteiger partial charge is 0.508 e. The second kappa shape index (κ2) is 6.64. The molecule has 0 amide bonds. The molecule has 1 N–H and O–H groups in total. The Labute approximate surface area is 166 Å². The van der Waals surface area contributed by atoms with Crippen molar-refractivity contribution in [3.8, 4) is 11.5 Å². The van der Waals surface area contributed by atoms with Gasteiger partial charge in [0.1, 0.15) is 17.1 Å². The van der Waals surface area contributed by atoms with Crippen molar-refractivity contribution in [2.24, 2.45) is 5.92 Å². The summed E-state index contributed by atoms with van der Waals surface area (Å²) in [5.41, 5.74) is 2.78. The van der Waals surface area contributed by atoms with Crippen molar-refractivity contribution < 1.29 is 14.4 Å². The van der Waals surface area contributed by atoms with Gasteiger partial charge in [-0.1, -0.05) is 38.4 Å². The van der Waals surface area contributed by atoms with Gasteiger partial charge in [0.05, 0.1) is 0 Å². The Bertz CT molecular complexity index is 897. The van der Waals surface area contributed by atoms with Crippen LogP contribution in [-0.4, -0.2) is 20.8 Å². The zero-order valence-electron chi connectivity index (χ0n) is 17.5. The first kappa shape index (κ1) is 19.0. The molecule has 1 aliphatic carbocycles. The molecule has 5 nitrogen and oxygen atoms in total. The van der Waals surface area contributed by atoms with Crippen LogP contribution in [0.5, 0.6) is 11.5 Å². The molecule has 2 atom stereocenters. The molecule has 0 unspecified atom stereocenters. The van der Waals surface area contributed by atoms with E-state index in [2.05, 4.69) is 56.9 Å². The Morgan fingerprint density at radius 2 is 2.07 bits per heavy atom. The number of allylic oxidation sites excluding steroid dienone is 2. The lowest BCUT2D eigenvalue weighted by Gasteiger charge is -2.47. The number of phenols is 1. The molecule has 4 rings (SSSR count). The van der Waals surface area contributed by atoms with Gasteiger partial charge in [0, 0.05) is 23.0 Å². The van der Waals surface area contributed by atoms with E-state index in [0.29, 0.717) is 11.6 Å². The fourth-order valence-electron chi connectivity index (χ4n) is 5.04. The zero-order chi connectivity index (χ0) is 20.1. The summed E-state index contributed by atoms with van der Waals surface area (Å²) in [7, 11) is 0. The van der Waals surface area contributed by atoms with Crippen LogP contribution in [0.4, 0.5) is 0 Å². The predicted octanol–water partition coefficient (Wildman–Crippen LogP) is 5.60. The van der Waals surface area contributed by atoms with E-state index in [0.717, 1.165) is 48.1 Å². The number of phenolic OH excluding ortho intramolecular Hbond substituents is 1. The van der Waals surface area contributed by atoms with Gasteiger partial charge in [-0.2, -0.15) is 4.98 Å². The van der Waals surface area contributed by atoms with Crippen molar-refractivity contribution in [1.82, 2.24) is 10.1 Å². The first-order valence-corrected chi connectivity index (χ1v) is 10.3.